The first-order valence-corrected chi connectivity index (χ1v) is 18.3. The van der Waals surface area contributed by atoms with Crippen LogP contribution in [0.5, 0.6) is 11.5 Å². The molecule has 0 saturated carbocycles. The summed E-state index contributed by atoms with van der Waals surface area (Å²) in [5.74, 6) is 1.19. The highest BCUT2D eigenvalue weighted by molar-refractivity contribution is 9.35. The van der Waals surface area contributed by atoms with Crippen molar-refractivity contribution in [2.24, 2.45) is 0 Å². The summed E-state index contributed by atoms with van der Waals surface area (Å²) in [6.07, 6.45) is -0.644. The van der Waals surface area contributed by atoms with E-state index in [0.717, 1.165) is 32.0 Å². The summed E-state index contributed by atoms with van der Waals surface area (Å²) in [6, 6.07) is 8.00. The average molecular weight is 601 g/mol. The van der Waals surface area contributed by atoms with Crippen LogP contribution in [0.3, 0.4) is 0 Å². The van der Waals surface area contributed by atoms with E-state index in [4.69, 9.17) is 9.47 Å². The summed E-state index contributed by atoms with van der Waals surface area (Å²) in [6.45, 7) is 18.3. The van der Waals surface area contributed by atoms with Gasteiger partial charge in [-0.3, -0.25) is 0 Å². The minimum absolute atomic E-state index is 0.322. The van der Waals surface area contributed by atoms with Crippen molar-refractivity contribution in [2.45, 2.75) is 65.2 Å². The molecule has 0 unspecified atom stereocenters. The highest BCUT2D eigenvalue weighted by Gasteiger charge is 2.17. The van der Waals surface area contributed by atoms with Gasteiger partial charge in [-0.25, -0.2) is 9.59 Å². The summed E-state index contributed by atoms with van der Waals surface area (Å²) >= 11 is 0. The molecule has 0 saturated heterocycles. The van der Waals surface area contributed by atoms with Gasteiger partial charge in [0.25, 0.3) is 0 Å². The number of amides is 2. The molecule has 2 aromatic carbocycles. The van der Waals surface area contributed by atoms with Gasteiger partial charge in [-0.1, -0.05) is 12.1 Å². The predicted molar refractivity (Wildman–Crippen MR) is 164 cm³/mol. The zero-order chi connectivity index (χ0) is 27.5. The molecule has 6 nitrogen and oxygen atoms in total. The number of hydrogen-bond donors (Lipinski definition) is 0. The maximum atomic E-state index is 12.4. The van der Waals surface area contributed by atoms with Gasteiger partial charge in [-0.05, 0) is 141 Å². The Labute approximate surface area is 240 Å². The van der Waals surface area contributed by atoms with Crippen molar-refractivity contribution in [3.05, 3.63) is 46.5 Å². The third kappa shape index (κ3) is 9.45. The molecule has 0 aliphatic heterocycles. The van der Waals surface area contributed by atoms with E-state index in [-0.39, 0.29) is 12.2 Å². The Morgan fingerprint density at radius 2 is 0.946 bits per heavy atom. The Morgan fingerprint density at radius 1 is 0.595 bits per heavy atom. The SMILES string of the molecule is CCN(CC)C(=O)Oc1cc(SSSSSc2cc(OC(=O)N(CC)CC)c(C)cc2C)c(C)cc1C. The molecular formula is C26H36N2O4S5. The van der Waals surface area contributed by atoms with Crippen LogP contribution in [0.25, 0.3) is 0 Å². The van der Waals surface area contributed by atoms with Crippen molar-refractivity contribution >= 4 is 63.3 Å². The first kappa shape index (κ1) is 31.9. The minimum Gasteiger partial charge on any atom is -0.410 e. The van der Waals surface area contributed by atoms with E-state index in [1.165, 1.54) is 0 Å². The molecule has 0 spiro atoms. The van der Waals surface area contributed by atoms with Gasteiger partial charge in [-0.2, -0.15) is 0 Å². The molecule has 2 rings (SSSR count). The summed E-state index contributed by atoms with van der Waals surface area (Å²) < 4.78 is 11.3. The molecule has 0 N–H and O–H groups in total. The van der Waals surface area contributed by atoms with Crippen molar-refractivity contribution in [1.29, 1.82) is 0 Å². The number of aryl methyl sites for hydroxylation is 4. The summed E-state index contributed by atoms with van der Waals surface area (Å²) in [4.78, 5) is 30.3. The van der Waals surface area contributed by atoms with Gasteiger partial charge in [0.15, 0.2) is 0 Å². The Hall–Kier alpha value is -1.27. The number of carbonyl (C=O) groups is 2. The van der Waals surface area contributed by atoms with Crippen LogP contribution in [-0.2, 0) is 0 Å². The monoisotopic (exact) mass is 600 g/mol. The van der Waals surface area contributed by atoms with E-state index in [0.29, 0.717) is 37.7 Å². The summed E-state index contributed by atoms with van der Waals surface area (Å²) in [5.41, 5.74) is 4.17. The molecule has 0 fully saturated rings. The normalized spacial score (nSPS) is 10.8. The van der Waals surface area contributed by atoms with Crippen LogP contribution in [-0.4, -0.2) is 48.2 Å². The Kier molecular flexibility index (Phi) is 13.8. The second kappa shape index (κ2) is 16.0. The summed E-state index contributed by atoms with van der Waals surface area (Å²) in [7, 11) is 8.26. The Balaban J connectivity index is 1.96. The minimum atomic E-state index is -0.322. The van der Waals surface area contributed by atoms with Gasteiger partial charge in [-0.15, -0.1) is 0 Å². The molecule has 11 heteroatoms. The van der Waals surface area contributed by atoms with Gasteiger partial charge in [0.1, 0.15) is 11.5 Å². The molecule has 37 heavy (non-hydrogen) atoms. The van der Waals surface area contributed by atoms with Crippen LogP contribution in [0, 0.1) is 27.7 Å². The Bertz CT molecular complexity index is 992. The van der Waals surface area contributed by atoms with Crippen molar-refractivity contribution in [3.8, 4) is 11.5 Å². The third-order valence-electron chi connectivity index (χ3n) is 5.69. The van der Waals surface area contributed by atoms with Crippen molar-refractivity contribution < 1.29 is 19.1 Å². The highest BCUT2D eigenvalue weighted by atomic mass is 33.8. The quantitative estimate of drug-likeness (QED) is 0.175. The second-order valence-corrected chi connectivity index (χ2v) is 15.7. The number of rotatable bonds is 12. The molecule has 0 bridgehead atoms. The van der Waals surface area contributed by atoms with Crippen molar-refractivity contribution in [1.82, 2.24) is 9.80 Å². The van der Waals surface area contributed by atoms with E-state index in [1.54, 1.807) is 60.9 Å². The van der Waals surface area contributed by atoms with E-state index in [1.807, 2.05) is 53.7 Å². The maximum absolute atomic E-state index is 12.4. The number of carbonyl (C=O) groups excluding carboxylic acids is 2. The fourth-order valence-corrected chi connectivity index (χ4v) is 12.1. The van der Waals surface area contributed by atoms with Crippen molar-refractivity contribution in [3.63, 3.8) is 0 Å². The number of nitrogens with zero attached hydrogens (tertiary/aromatic N) is 2. The predicted octanol–water partition coefficient (Wildman–Crippen LogP) is 9.35. The first-order chi connectivity index (χ1) is 17.6. The largest absolute Gasteiger partial charge is 0.415 e. The van der Waals surface area contributed by atoms with Gasteiger partial charge >= 0.3 is 12.2 Å². The molecule has 0 radical (unpaired) electrons. The Morgan fingerprint density at radius 3 is 1.27 bits per heavy atom. The standard InChI is InChI=1S/C26H36N2O4S5/c1-9-27(10-2)25(29)31-21-15-23(19(7)13-17(21)5)33-35-37-36-34-24-16-22(18(6)14-20(24)8)32-26(30)28(11-3)12-4/h13-16H,9-12H2,1-8H3. The second-order valence-electron chi connectivity index (χ2n) is 8.22. The lowest BCUT2D eigenvalue weighted by Gasteiger charge is -2.19. The topological polar surface area (TPSA) is 59.1 Å². The van der Waals surface area contributed by atoms with Gasteiger partial charge in [0.2, 0.25) is 0 Å². The smallest absolute Gasteiger partial charge is 0.410 e. The molecule has 2 amide bonds. The zero-order valence-corrected chi connectivity index (χ0v) is 26.8. The maximum Gasteiger partial charge on any atom is 0.415 e. The van der Waals surface area contributed by atoms with E-state index >= 15 is 0 Å². The van der Waals surface area contributed by atoms with Crippen molar-refractivity contribution in [2.75, 3.05) is 26.2 Å². The molecule has 2 aromatic rings. The van der Waals surface area contributed by atoms with E-state index in [2.05, 4.69) is 26.0 Å². The van der Waals surface area contributed by atoms with E-state index < -0.39 is 0 Å². The third-order valence-corrected chi connectivity index (χ3v) is 14.2. The molecule has 0 heterocycles. The fraction of sp³-hybridized carbons (Fsp3) is 0.462. The molecule has 0 aliphatic rings. The molecule has 204 valence electrons. The van der Waals surface area contributed by atoms with Crippen LogP contribution >= 0.6 is 51.1 Å². The molecule has 0 aliphatic carbocycles. The fourth-order valence-electron chi connectivity index (χ4n) is 3.42. The van der Waals surface area contributed by atoms with Gasteiger partial charge < -0.3 is 19.3 Å². The lowest BCUT2D eigenvalue weighted by atomic mass is 10.1. The van der Waals surface area contributed by atoms with Crippen LogP contribution < -0.4 is 9.47 Å². The summed E-state index contributed by atoms with van der Waals surface area (Å²) in [5, 5.41) is 0. The first-order valence-electron chi connectivity index (χ1n) is 12.1. The van der Waals surface area contributed by atoms with Gasteiger partial charge in [0.05, 0.1) is 0 Å². The molecule has 0 atom stereocenters. The highest BCUT2D eigenvalue weighted by Crippen LogP contribution is 2.54. The lowest BCUT2D eigenvalue weighted by molar-refractivity contribution is 0.156. The van der Waals surface area contributed by atoms with Crippen LogP contribution in [0.4, 0.5) is 9.59 Å². The van der Waals surface area contributed by atoms with Crippen LogP contribution in [0.2, 0.25) is 0 Å². The van der Waals surface area contributed by atoms with Crippen LogP contribution in [0.15, 0.2) is 34.1 Å². The molecule has 0 aromatic heterocycles. The lowest BCUT2D eigenvalue weighted by Crippen LogP contribution is -2.33. The van der Waals surface area contributed by atoms with Crippen LogP contribution in [0.1, 0.15) is 49.9 Å². The van der Waals surface area contributed by atoms with Gasteiger partial charge in [0, 0.05) is 36.0 Å². The average Bonchev–Trinajstić information content (AvgIpc) is 2.85. The number of ether oxygens (including phenoxy) is 2. The van der Waals surface area contributed by atoms with E-state index in [9.17, 15) is 9.59 Å². The zero-order valence-electron chi connectivity index (χ0n) is 22.7. The number of benzene rings is 2. The number of hydrogen-bond acceptors (Lipinski definition) is 9. The molecular weight excluding hydrogens is 565 g/mol.